The predicted octanol–water partition coefficient (Wildman–Crippen LogP) is 3.67. The lowest BCUT2D eigenvalue weighted by Crippen LogP contribution is -2.08. The minimum Gasteiger partial charge on any atom is -0.508 e. The zero-order valence-electron chi connectivity index (χ0n) is 11.6. The summed E-state index contributed by atoms with van der Waals surface area (Å²) in [6, 6.07) is 12.0. The molecular formula is C16H19NO3. The number of ether oxygens (including phenoxy) is 1. The van der Waals surface area contributed by atoms with Gasteiger partial charge in [0.25, 0.3) is 0 Å². The van der Waals surface area contributed by atoms with Gasteiger partial charge in [0.1, 0.15) is 17.2 Å². The minimum atomic E-state index is -0.163. The Morgan fingerprint density at radius 2 is 1.90 bits per heavy atom. The van der Waals surface area contributed by atoms with Crippen molar-refractivity contribution >= 4 is 5.69 Å². The standard InChI is InChI=1S/C16H19NO3/c1-3-20-16-7-5-4-6-14(16)17-11(2)13-10-12(18)8-9-15(13)19/h4-11,17-19H,3H2,1-2H3. The van der Waals surface area contributed by atoms with Crippen LogP contribution in [0.3, 0.4) is 0 Å². The second-order valence-corrected chi connectivity index (χ2v) is 4.54. The van der Waals surface area contributed by atoms with Gasteiger partial charge in [-0.15, -0.1) is 0 Å². The van der Waals surface area contributed by atoms with Crippen molar-refractivity contribution in [3.05, 3.63) is 48.0 Å². The second kappa shape index (κ2) is 6.19. The van der Waals surface area contributed by atoms with Crippen LogP contribution in [0.2, 0.25) is 0 Å². The lowest BCUT2D eigenvalue weighted by atomic mass is 10.1. The molecule has 0 amide bonds. The van der Waals surface area contributed by atoms with E-state index in [2.05, 4.69) is 5.32 Å². The van der Waals surface area contributed by atoms with Gasteiger partial charge in [0.2, 0.25) is 0 Å². The maximum Gasteiger partial charge on any atom is 0.142 e. The molecule has 0 aliphatic rings. The summed E-state index contributed by atoms with van der Waals surface area (Å²) in [6.45, 7) is 4.43. The van der Waals surface area contributed by atoms with Crippen LogP contribution >= 0.6 is 0 Å². The van der Waals surface area contributed by atoms with Crippen LogP contribution in [0.15, 0.2) is 42.5 Å². The fourth-order valence-electron chi connectivity index (χ4n) is 2.07. The predicted molar refractivity (Wildman–Crippen MR) is 79.4 cm³/mol. The summed E-state index contributed by atoms with van der Waals surface area (Å²) in [7, 11) is 0. The third-order valence-electron chi connectivity index (χ3n) is 3.04. The van der Waals surface area contributed by atoms with E-state index >= 15 is 0 Å². The van der Waals surface area contributed by atoms with Crippen LogP contribution in [-0.2, 0) is 0 Å². The van der Waals surface area contributed by atoms with Crippen molar-refractivity contribution in [2.45, 2.75) is 19.9 Å². The number of hydrogen-bond donors (Lipinski definition) is 3. The molecule has 2 rings (SSSR count). The molecule has 0 saturated heterocycles. The van der Waals surface area contributed by atoms with Crippen LogP contribution in [0, 0.1) is 0 Å². The Morgan fingerprint density at radius 1 is 1.15 bits per heavy atom. The first-order valence-corrected chi connectivity index (χ1v) is 6.62. The third kappa shape index (κ3) is 3.15. The molecule has 0 aromatic heterocycles. The van der Waals surface area contributed by atoms with E-state index < -0.39 is 0 Å². The van der Waals surface area contributed by atoms with Crippen LogP contribution in [0.4, 0.5) is 5.69 Å². The quantitative estimate of drug-likeness (QED) is 0.727. The van der Waals surface area contributed by atoms with Gasteiger partial charge in [-0.3, -0.25) is 0 Å². The molecule has 0 radical (unpaired) electrons. The fourth-order valence-corrected chi connectivity index (χ4v) is 2.07. The molecule has 0 fully saturated rings. The van der Waals surface area contributed by atoms with Crippen molar-refractivity contribution in [2.24, 2.45) is 0 Å². The van der Waals surface area contributed by atoms with E-state index in [0.29, 0.717) is 12.2 Å². The molecule has 0 saturated carbocycles. The Morgan fingerprint density at radius 3 is 2.65 bits per heavy atom. The van der Waals surface area contributed by atoms with E-state index in [4.69, 9.17) is 4.74 Å². The van der Waals surface area contributed by atoms with Crippen molar-refractivity contribution in [1.29, 1.82) is 0 Å². The minimum absolute atomic E-state index is 0.129. The molecule has 0 aliphatic heterocycles. The van der Waals surface area contributed by atoms with Gasteiger partial charge in [0.05, 0.1) is 18.3 Å². The van der Waals surface area contributed by atoms with Crippen molar-refractivity contribution in [1.82, 2.24) is 0 Å². The van der Waals surface area contributed by atoms with E-state index in [9.17, 15) is 10.2 Å². The largest absolute Gasteiger partial charge is 0.508 e. The molecule has 0 bridgehead atoms. The average molecular weight is 273 g/mol. The zero-order valence-corrected chi connectivity index (χ0v) is 11.6. The number of rotatable bonds is 5. The molecule has 0 aliphatic carbocycles. The summed E-state index contributed by atoms with van der Waals surface area (Å²) in [6.07, 6.45) is 0. The first-order chi connectivity index (χ1) is 9.61. The molecule has 0 heterocycles. The van der Waals surface area contributed by atoms with E-state index in [-0.39, 0.29) is 17.5 Å². The van der Waals surface area contributed by atoms with Crippen LogP contribution in [0.25, 0.3) is 0 Å². The second-order valence-electron chi connectivity index (χ2n) is 4.54. The van der Waals surface area contributed by atoms with Gasteiger partial charge in [-0.05, 0) is 44.2 Å². The van der Waals surface area contributed by atoms with Crippen molar-refractivity contribution in [3.8, 4) is 17.2 Å². The SMILES string of the molecule is CCOc1ccccc1NC(C)c1cc(O)ccc1O. The highest BCUT2D eigenvalue weighted by atomic mass is 16.5. The van der Waals surface area contributed by atoms with Crippen molar-refractivity contribution in [2.75, 3.05) is 11.9 Å². The van der Waals surface area contributed by atoms with Crippen LogP contribution in [-0.4, -0.2) is 16.8 Å². The Kier molecular flexibility index (Phi) is 4.35. The summed E-state index contributed by atoms with van der Waals surface area (Å²) < 4.78 is 5.55. The molecule has 1 atom stereocenters. The normalized spacial score (nSPS) is 11.9. The van der Waals surface area contributed by atoms with Crippen molar-refractivity contribution in [3.63, 3.8) is 0 Å². The number of phenols is 2. The highest BCUT2D eigenvalue weighted by molar-refractivity contribution is 5.58. The number of hydrogen-bond acceptors (Lipinski definition) is 4. The van der Waals surface area contributed by atoms with E-state index in [0.717, 1.165) is 11.4 Å². The Hall–Kier alpha value is -2.36. The van der Waals surface area contributed by atoms with Crippen LogP contribution < -0.4 is 10.1 Å². The monoisotopic (exact) mass is 273 g/mol. The van der Waals surface area contributed by atoms with E-state index in [1.165, 1.54) is 12.1 Å². The highest BCUT2D eigenvalue weighted by Crippen LogP contribution is 2.32. The number of aromatic hydroxyl groups is 2. The first kappa shape index (κ1) is 14.1. The van der Waals surface area contributed by atoms with E-state index in [1.807, 2.05) is 38.1 Å². The van der Waals surface area contributed by atoms with Crippen molar-refractivity contribution < 1.29 is 14.9 Å². The topological polar surface area (TPSA) is 61.7 Å². The maximum absolute atomic E-state index is 9.87. The third-order valence-corrected chi connectivity index (χ3v) is 3.04. The molecule has 1 unspecified atom stereocenters. The summed E-state index contributed by atoms with van der Waals surface area (Å²) in [5.74, 6) is 1.04. The maximum atomic E-state index is 9.87. The van der Waals surface area contributed by atoms with Gasteiger partial charge >= 0.3 is 0 Å². The molecule has 2 aromatic carbocycles. The number of nitrogens with one attached hydrogen (secondary N) is 1. The van der Waals surface area contributed by atoms with Crippen LogP contribution in [0.5, 0.6) is 17.2 Å². The van der Waals surface area contributed by atoms with Gasteiger partial charge in [0, 0.05) is 5.56 Å². The Bertz CT molecular complexity index is 584. The number of para-hydroxylation sites is 2. The van der Waals surface area contributed by atoms with E-state index in [1.54, 1.807) is 6.07 Å². The summed E-state index contributed by atoms with van der Waals surface area (Å²) in [5, 5.41) is 22.7. The van der Waals surface area contributed by atoms with Gasteiger partial charge in [-0.25, -0.2) is 0 Å². The number of phenolic OH excluding ortho intramolecular Hbond substituents is 2. The zero-order chi connectivity index (χ0) is 14.5. The Labute approximate surface area is 118 Å². The first-order valence-electron chi connectivity index (χ1n) is 6.62. The summed E-state index contributed by atoms with van der Waals surface area (Å²) in [5.41, 5.74) is 1.49. The molecule has 20 heavy (non-hydrogen) atoms. The average Bonchev–Trinajstić information content (AvgIpc) is 2.44. The van der Waals surface area contributed by atoms with Gasteiger partial charge in [-0.1, -0.05) is 12.1 Å². The molecule has 106 valence electrons. The van der Waals surface area contributed by atoms with Gasteiger partial charge in [0.15, 0.2) is 0 Å². The Balaban J connectivity index is 2.23. The molecule has 2 aromatic rings. The lowest BCUT2D eigenvalue weighted by molar-refractivity contribution is 0.341. The highest BCUT2D eigenvalue weighted by Gasteiger charge is 2.13. The van der Waals surface area contributed by atoms with Gasteiger partial charge in [-0.2, -0.15) is 0 Å². The molecule has 0 spiro atoms. The molecule has 4 nitrogen and oxygen atoms in total. The molecular weight excluding hydrogens is 254 g/mol. The summed E-state index contributed by atoms with van der Waals surface area (Å²) in [4.78, 5) is 0. The number of benzene rings is 2. The molecule has 3 N–H and O–H groups in total. The smallest absolute Gasteiger partial charge is 0.142 e. The lowest BCUT2D eigenvalue weighted by Gasteiger charge is -2.19. The summed E-state index contributed by atoms with van der Waals surface area (Å²) >= 11 is 0. The van der Waals surface area contributed by atoms with Crippen LogP contribution in [0.1, 0.15) is 25.5 Å². The fraction of sp³-hybridized carbons (Fsp3) is 0.250. The van der Waals surface area contributed by atoms with Gasteiger partial charge < -0.3 is 20.3 Å². The number of anilines is 1. The molecule has 4 heteroatoms.